The van der Waals surface area contributed by atoms with Gasteiger partial charge >= 0.3 is 6.03 Å². The third-order valence-electron chi connectivity index (χ3n) is 5.09. The van der Waals surface area contributed by atoms with Crippen LogP contribution in [0.15, 0.2) is 48.8 Å². The molecule has 6 nitrogen and oxygen atoms in total. The molecule has 3 rings (SSSR count). The summed E-state index contributed by atoms with van der Waals surface area (Å²) in [6.07, 6.45) is 4.80. The number of hydrogen-bond donors (Lipinski definition) is 1. The zero-order valence-electron chi connectivity index (χ0n) is 16.8. The molecule has 1 aliphatic rings. The second-order valence-electron chi connectivity index (χ2n) is 7.23. The lowest BCUT2D eigenvalue weighted by atomic mass is 10.2. The quantitative estimate of drug-likeness (QED) is 0.798. The minimum absolute atomic E-state index is 0.0145. The zero-order chi connectivity index (χ0) is 19.8. The topological polar surface area (TPSA) is 57.7 Å². The van der Waals surface area contributed by atoms with Gasteiger partial charge in [-0.1, -0.05) is 31.2 Å². The van der Waals surface area contributed by atoms with Gasteiger partial charge in [-0.15, -0.1) is 0 Å². The standard InChI is InChI=1S/C22H30N4O2/c1-3-18(2)28-21-9-5-4-8-20(21)16-24-22(27)26-13-11-25(12-14-26)17-19-7-6-10-23-15-19/h4-10,15,18H,3,11-14,16-17H2,1-2H3,(H,24,27)/t18-/m1/s1. The summed E-state index contributed by atoms with van der Waals surface area (Å²) in [4.78, 5) is 21.0. The van der Waals surface area contributed by atoms with Crippen molar-refractivity contribution in [3.8, 4) is 5.75 Å². The molecular weight excluding hydrogens is 352 g/mol. The lowest BCUT2D eigenvalue weighted by Gasteiger charge is -2.34. The lowest BCUT2D eigenvalue weighted by Crippen LogP contribution is -2.51. The summed E-state index contributed by atoms with van der Waals surface area (Å²) in [7, 11) is 0. The van der Waals surface area contributed by atoms with Gasteiger partial charge in [-0.2, -0.15) is 0 Å². The fraction of sp³-hybridized carbons (Fsp3) is 0.455. The van der Waals surface area contributed by atoms with Crippen molar-refractivity contribution in [2.45, 2.75) is 39.5 Å². The number of carbonyl (C=O) groups is 1. The third-order valence-corrected chi connectivity index (χ3v) is 5.09. The molecule has 1 aliphatic heterocycles. The molecule has 1 atom stereocenters. The molecule has 1 fully saturated rings. The fourth-order valence-electron chi connectivity index (χ4n) is 3.21. The van der Waals surface area contributed by atoms with Crippen molar-refractivity contribution < 1.29 is 9.53 Å². The van der Waals surface area contributed by atoms with E-state index in [1.807, 2.05) is 41.4 Å². The van der Waals surface area contributed by atoms with E-state index in [0.717, 1.165) is 50.5 Å². The Kier molecular flexibility index (Phi) is 7.25. The molecule has 6 heteroatoms. The molecular formula is C22H30N4O2. The van der Waals surface area contributed by atoms with E-state index in [0.29, 0.717) is 6.54 Å². The Bertz CT molecular complexity index is 745. The zero-order valence-corrected chi connectivity index (χ0v) is 16.8. The number of urea groups is 1. The number of piperazine rings is 1. The first-order chi connectivity index (χ1) is 13.7. The van der Waals surface area contributed by atoms with Crippen LogP contribution in [-0.2, 0) is 13.1 Å². The maximum atomic E-state index is 12.6. The Balaban J connectivity index is 1.46. The molecule has 2 aromatic rings. The van der Waals surface area contributed by atoms with Crippen LogP contribution in [0, 0.1) is 0 Å². The number of benzene rings is 1. The number of pyridine rings is 1. The van der Waals surface area contributed by atoms with Gasteiger partial charge in [-0.3, -0.25) is 9.88 Å². The predicted molar refractivity (Wildman–Crippen MR) is 110 cm³/mol. The van der Waals surface area contributed by atoms with E-state index in [1.165, 1.54) is 5.56 Å². The molecule has 0 spiro atoms. The van der Waals surface area contributed by atoms with Crippen LogP contribution in [-0.4, -0.2) is 53.1 Å². The fourth-order valence-corrected chi connectivity index (χ4v) is 3.21. The number of carbonyl (C=O) groups excluding carboxylic acids is 1. The molecule has 1 saturated heterocycles. The average Bonchev–Trinajstić information content (AvgIpc) is 2.74. The average molecular weight is 383 g/mol. The first-order valence-electron chi connectivity index (χ1n) is 10.0. The minimum atomic E-state index is -0.0145. The number of ether oxygens (including phenoxy) is 1. The van der Waals surface area contributed by atoms with E-state index in [9.17, 15) is 4.79 Å². The second-order valence-corrected chi connectivity index (χ2v) is 7.23. The third kappa shape index (κ3) is 5.70. The molecule has 2 heterocycles. The SMILES string of the molecule is CC[C@@H](C)Oc1ccccc1CNC(=O)N1CCN(Cc2cccnc2)CC1. The smallest absolute Gasteiger partial charge is 0.317 e. The number of para-hydroxylation sites is 1. The Morgan fingerprint density at radius 2 is 1.96 bits per heavy atom. The number of amides is 2. The van der Waals surface area contributed by atoms with E-state index in [2.05, 4.69) is 35.1 Å². The first-order valence-corrected chi connectivity index (χ1v) is 10.0. The number of nitrogens with zero attached hydrogens (tertiary/aromatic N) is 3. The van der Waals surface area contributed by atoms with Crippen LogP contribution >= 0.6 is 0 Å². The molecule has 0 radical (unpaired) electrons. The van der Waals surface area contributed by atoms with Crippen LogP contribution in [0.25, 0.3) is 0 Å². The van der Waals surface area contributed by atoms with E-state index < -0.39 is 0 Å². The molecule has 150 valence electrons. The maximum absolute atomic E-state index is 12.6. The highest BCUT2D eigenvalue weighted by molar-refractivity contribution is 5.74. The van der Waals surface area contributed by atoms with Gasteiger partial charge in [-0.05, 0) is 31.0 Å². The van der Waals surface area contributed by atoms with Crippen LogP contribution in [0.3, 0.4) is 0 Å². The van der Waals surface area contributed by atoms with Gasteiger partial charge < -0.3 is 15.0 Å². The highest BCUT2D eigenvalue weighted by atomic mass is 16.5. The number of rotatable bonds is 7. The number of aromatic nitrogens is 1. The van der Waals surface area contributed by atoms with Crippen LogP contribution in [0.1, 0.15) is 31.4 Å². The molecule has 1 aromatic heterocycles. The van der Waals surface area contributed by atoms with Gasteiger partial charge in [0.1, 0.15) is 5.75 Å². The van der Waals surface area contributed by atoms with Gasteiger partial charge in [0.15, 0.2) is 0 Å². The van der Waals surface area contributed by atoms with Crippen LogP contribution in [0.4, 0.5) is 4.79 Å². The Hall–Kier alpha value is -2.60. The van der Waals surface area contributed by atoms with Crippen molar-refractivity contribution in [2.75, 3.05) is 26.2 Å². The monoisotopic (exact) mass is 382 g/mol. The van der Waals surface area contributed by atoms with Gasteiger partial charge in [0.25, 0.3) is 0 Å². The highest BCUT2D eigenvalue weighted by Crippen LogP contribution is 2.20. The van der Waals surface area contributed by atoms with Crippen LogP contribution in [0.2, 0.25) is 0 Å². The normalized spacial score (nSPS) is 15.9. The molecule has 1 aromatic carbocycles. The van der Waals surface area contributed by atoms with E-state index in [-0.39, 0.29) is 12.1 Å². The molecule has 1 N–H and O–H groups in total. The number of nitrogens with one attached hydrogen (secondary N) is 1. The molecule has 2 amide bonds. The van der Waals surface area contributed by atoms with Crippen molar-refractivity contribution in [3.05, 3.63) is 59.9 Å². The summed E-state index contributed by atoms with van der Waals surface area (Å²) in [5.74, 6) is 0.846. The van der Waals surface area contributed by atoms with Crippen molar-refractivity contribution in [1.29, 1.82) is 0 Å². The Morgan fingerprint density at radius 1 is 1.18 bits per heavy atom. The maximum Gasteiger partial charge on any atom is 0.317 e. The van der Waals surface area contributed by atoms with Crippen LogP contribution in [0.5, 0.6) is 5.75 Å². The van der Waals surface area contributed by atoms with E-state index >= 15 is 0 Å². The molecule has 28 heavy (non-hydrogen) atoms. The van der Waals surface area contributed by atoms with Gasteiger partial charge in [0.2, 0.25) is 0 Å². The minimum Gasteiger partial charge on any atom is -0.490 e. The van der Waals surface area contributed by atoms with Crippen molar-refractivity contribution >= 4 is 6.03 Å². The van der Waals surface area contributed by atoms with Crippen LogP contribution < -0.4 is 10.1 Å². The molecule has 0 saturated carbocycles. The molecule has 0 unspecified atom stereocenters. The summed E-state index contributed by atoms with van der Waals surface area (Å²) >= 11 is 0. The Labute approximate surface area is 167 Å². The van der Waals surface area contributed by atoms with Gasteiger partial charge in [-0.25, -0.2) is 4.79 Å². The summed E-state index contributed by atoms with van der Waals surface area (Å²) < 4.78 is 5.97. The van der Waals surface area contributed by atoms with E-state index in [1.54, 1.807) is 6.20 Å². The lowest BCUT2D eigenvalue weighted by molar-refractivity contribution is 0.135. The Morgan fingerprint density at radius 3 is 2.68 bits per heavy atom. The highest BCUT2D eigenvalue weighted by Gasteiger charge is 2.21. The van der Waals surface area contributed by atoms with Gasteiger partial charge in [0, 0.05) is 57.2 Å². The summed E-state index contributed by atoms with van der Waals surface area (Å²) in [6, 6.07) is 11.9. The molecule has 0 bridgehead atoms. The summed E-state index contributed by atoms with van der Waals surface area (Å²) in [6.45, 7) is 8.72. The predicted octanol–water partition coefficient (Wildman–Crippen LogP) is 3.29. The summed E-state index contributed by atoms with van der Waals surface area (Å²) in [5.41, 5.74) is 2.21. The van der Waals surface area contributed by atoms with E-state index in [4.69, 9.17) is 4.74 Å². The van der Waals surface area contributed by atoms with Crippen molar-refractivity contribution in [2.24, 2.45) is 0 Å². The molecule has 0 aliphatic carbocycles. The number of hydrogen-bond acceptors (Lipinski definition) is 4. The first kappa shape index (κ1) is 20.1. The summed E-state index contributed by atoms with van der Waals surface area (Å²) in [5, 5.41) is 3.04. The largest absolute Gasteiger partial charge is 0.490 e. The second kappa shape index (κ2) is 10.1. The van der Waals surface area contributed by atoms with Crippen molar-refractivity contribution in [3.63, 3.8) is 0 Å². The van der Waals surface area contributed by atoms with Crippen molar-refractivity contribution in [1.82, 2.24) is 20.1 Å². The van der Waals surface area contributed by atoms with Gasteiger partial charge in [0.05, 0.1) is 6.10 Å².